The highest BCUT2D eigenvalue weighted by Gasteiger charge is 2.29. The number of carbonyl (C=O) groups excluding carboxylic acids is 2. The number of benzene rings is 2. The average molecular weight is 390 g/mol. The van der Waals surface area contributed by atoms with Crippen LogP contribution in [0, 0.1) is 11.7 Å². The minimum absolute atomic E-state index is 0.00152. The lowest BCUT2D eigenvalue weighted by Gasteiger charge is -2.18. The van der Waals surface area contributed by atoms with Crippen LogP contribution in [0.15, 0.2) is 72.9 Å². The second kappa shape index (κ2) is 8.22. The molecule has 146 valence electrons. The van der Waals surface area contributed by atoms with Gasteiger partial charge in [0.1, 0.15) is 5.82 Å². The molecule has 1 amide bonds. The molecule has 0 spiro atoms. The van der Waals surface area contributed by atoms with Crippen LogP contribution in [0.1, 0.15) is 40.6 Å². The first kappa shape index (κ1) is 18.8. The van der Waals surface area contributed by atoms with Crippen LogP contribution >= 0.6 is 0 Å². The van der Waals surface area contributed by atoms with Crippen molar-refractivity contribution in [3.05, 3.63) is 95.6 Å². The molecule has 0 saturated heterocycles. The zero-order valence-corrected chi connectivity index (χ0v) is 15.5. The zero-order chi connectivity index (χ0) is 20.2. The van der Waals surface area contributed by atoms with E-state index in [0.717, 1.165) is 12.8 Å². The molecule has 29 heavy (non-hydrogen) atoms. The van der Waals surface area contributed by atoms with Crippen LogP contribution in [-0.2, 0) is 9.53 Å². The molecule has 1 atom stereocenters. The fourth-order valence-corrected chi connectivity index (χ4v) is 2.95. The molecule has 4 rings (SSSR count). The summed E-state index contributed by atoms with van der Waals surface area (Å²) in [7, 11) is 0. The van der Waals surface area contributed by atoms with Gasteiger partial charge in [-0.25, -0.2) is 9.18 Å². The number of carbonyl (C=O) groups is 2. The number of rotatable bonds is 6. The number of ether oxygens (including phenoxy) is 1. The lowest BCUT2D eigenvalue weighted by molar-refractivity contribution is -0.117. The molecule has 1 saturated carbocycles. The predicted molar refractivity (Wildman–Crippen MR) is 106 cm³/mol. The minimum atomic E-state index is -0.839. The highest BCUT2D eigenvalue weighted by molar-refractivity contribution is 5.95. The van der Waals surface area contributed by atoms with Crippen molar-refractivity contribution >= 4 is 17.6 Å². The number of pyridine rings is 1. The number of hydrogen-bond acceptors (Lipinski definition) is 4. The Morgan fingerprint density at radius 2 is 1.83 bits per heavy atom. The first-order valence-electron chi connectivity index (χ1n) is 9.38. The molecule has 1 aliphatic rings. The normalized spacial score (nSPS) is 14.1. The van der Waals surface area contributed by atoms with Gasteiger partial charge in [0, 0.05) is 23.4 Å². The van der Waals surface area contributed by atoms with Gasteiger partial charge in [-0.1, -0.05) is 18.2 Å². The molecular weight excluding hydrogens is 371 g/mol. The van der Waals surface area contributed by atoms with E-state index in [2.05, 4.69) is 10.3 Å². The molecule has 0 bridgehead atoms. The number of nitrogens with one attached hydrogen (secondary N) is 1. The zero-order valence-electron chi connectivity index (χ0n) is 15.5. The summed E-state index contributed by atoms with van der Waals surface area (Å²) in [5.41, 5.74) is 1.95. The summed E-state index contributed by atoms with van der Waals surface area (Å²) in [6.07, 6.45) is 2.59. The van der Waals surface area contributed by atoms with Gasteiger partial charge >= 0.3 is 5.97 Å². The van der Waals surface area contributed by atoms with Gasteiger partial charge in [-0.15, -0.1) is 0 Å². The van der Waals surface area contributed by atoms with E-state index in [1.165, 1.54) is 12.1 Å². The van der Waals surface area contributed by atoms with E-state index in [1.807, 2.05) is 0 Å². The van der Waals surface area contributed by atoms with Crippen molar-refractivity contribution in [2.75, 3.05) is 5.32 Å². The summed E-state index contributed by atoms with van der Waals surface area (Å²) in [5, 5.41) is 2.83. The Morgan fingerprint density at radius 1 is 1.03 bits per heavy atom. The fraction of sp³-hybridized carbons (Fsp3) is 0.174. The molecule has 1 aromatic heterocycles. The number of nitrogens with zero attached hydrogens (tertiary/aromatic N) is 1. The van der Waals surface area contributed by atoms with E-state index in [0.29, 0.717) is 22.5 Å². The highest BCUT2D eigenvalue weighted by atomic mass is 19.1. The maximum atomic E-state index is 13.7. The number of anilines is 1. The Kier molecular flexibility index (Phi) is 5.33. The Morgan fingerprint density at radius 3 is 2.48 bits per heavy atom. The van der Waals surface area contributed by atoms with E-state index in [-0.39, 0.29) is 11.8 Å². The van der Waals surface area contributed by atoms with Gasteiger partial charge in [0.05, 0.1) is 11.3 Å². The largest absolute Gasteiger partial charge is 0.447 e. The minimum Gasteiger partial charge on any atom is -0.447 e. The molecule has 1 N–H and O–H groups in total. The summed E-state index contributed by atoms with van der Waals surface area (Å²) in [5.74, 6) is -0.882. The van der Waals surface area contributed by atoms with Crippen molar-refractivity contribution in [2.45, 2.75) is 18.9 Å². The highest BCUT2D eigenvalue weighted by Crippen LogP contribution is 2.30. The first-order chi connectivity index (χ1) is 14.1. The second-order valence-electron chi connectivity index (χ2n) is 6.94. The fourth-order valence-electron chi connectivity index (χ4n) is 2.95. The number of esters is 1. The van der Waals surface area contributed by atoms with Crippen LogP contribution in [-0.4, -0.2) is 16.9 Å². The van der Waals surface area contributed by atoms with Gasteiger partial charge < -0.3 is 10.1 Å². The van der Waals surface area contributed by atoms with E-state index in [4.69, 9.17) is 4.74 Å². The molecule has 6 heteroatoms. The van der Waals surface area contributed by atoms with Crippen LogP contribution in [0.2, 0.25) is 0 Å². The monoisotopic (exact) mass is 390 g/mol. The summed E-state index contributed by atoms with van der Waals surface area (Å²) in [6, 6.07) is 17.7. The van der Waals surface area contributed by atoms with Gasteiger partial charge in [0.25, 0.3) is 0 Å². The van der Waals surface area contributed by atoms with Gasteiger partial charge in [-0.3, -0.25) is 9.78 Å². The SMILES string of the molecule is O=C(OC(c1cccc(F)c1)c1ccccn1)c1ccc(NC(=O)C2CC2)cc1. The predicted octanol–water partition coefficient (Wildman–Crippen LogP) is 4.52. The van der Waals surface area contributed by atoms with Crippen molar-refractivity contribution < 1.29 is 18.7 Å². The topological polar surface area (TPSA) is 68.3 Å². The molecule has 1 fully saturated rings. The maximum absolute atomic E-state index is 13.7. The standard InChI is InChI=1S/C23H19FN2O3/c24-18-5-3-4-17(14-18)21(20-6-1-2-13-25-20)29-23(28)16-9-11-19(12-10-16)26-22(27)15-7-8-15/h1-6,9-15,21H,7-8H2,(H,26,27). The smallest absolute Gasteiger partial charge is 0.339 e. The summed E-state index contributed by atoms with van der Waals surface area (Å²) in [6.45, 7) is 0. The molecule has 0 aliphatic heterocycles. The van der Waals surface area contributed by atoms with Crippen LogP contribution in [0.5, 0.6) is 0 Å². The van der Waals surface area contributed by atoms with Crippen molar-refractivity contribution in [1.29, 1.82) is 0 Å². The van der Waals surface area contributed by atoms with Crippen molar-refractivity contribution in [1.82, 2.24) is 4.98 Å². The van der Waals surface area contributed by atoms with Crippen molar-refractivity contribution in [2.24, 2.45) is 5.92 Å². The maximum Gasteiger partial charge on any atom is 0.339 e. The molecule has 5 nitrogen and oxygen atoms in total. The van der Waals surface area contributed by atoms with Crippen molar-refractivity contribution in [3.63, 3.8) is 0 Å². The number of halogens is 1. The lowest BCUT2D eigenvalue weighted by atomic mass is 10.1. The molecule has 2 aromatic carbocycles. The Bertz CT molecular complexity index is 1020. The lowest BCUT2D eigenvalue weighted by Crippen LogP contribution is -2.15. The van der Waals surface area contributed by atoms with Crippen LogP contribution in [0.4, 0.5) is 10.1 Å². The summed E-state index contributed by atoms with van der Waals surface area (Å²) >= 11 is 0. The average Bonchev–Trinajstić information content (AvgIpc) is 3.58. The summed E-state index contributed by atoms with van der Waals surface area (Å²) < 4.78 is 19.4. The van der Waals surface area contributed by atoms with Gasteiger partial charge in [0.2, 0.25) is 5.91 Å². The van der Waals surface area contributed by atoms with E-state index < -0.39 is 17.9 Å². The third-order valence-electron chi connectivity index (χ3n) is 4.67. The number of aromatic nitrogens is 1. The van der Waals surface area contributed by atoms with Gasteiger partial charge in [-0.05, 0) is 61.4 Å². The first-order valence-corrected chi connectivity index (χ1v) is 9.38. The third-order valence-corrected chi connectivity index (χ3v) is 4.67. The van der Waals surface area contributed by atoms with Crippen LogP contribution in [0.3, 0.4) is 0 Å². The van der Waals surface area contributed by atoms with Crippen LogP contribution < -0.4 is 5.32 Å². The quantitative estimate of drug-likeness (QED) is 0.629. The molecule has 1 unspecified atom stereocenters. The molecule has 1 aliphatic carbocycles. The Balaban J connectivity index is 1.52. The van der Waals surface area contributed by atoms with Gasteiger partial charge in [0.15, 0.2) is 6.10 Å². The van der Waals surface area contributed by atoms with Gasteiger partial charge in [-0.2, -0.15) is 0 Å². The van der Waals surface area contributed by atoms with Crippen molar-refractivity contribution in [3.8, 4) is 0 Å². The Labute approximate surface area is 167 Å². The molecule has 3 aromatic rings. The molecule has 0 radical (unpaired) electrons. The Hall–Kier alpha value is -3.54. The molecule has 1 heterocycles. The summed E-state index contributed by atoms with van der Waals surface area (Å²) in [4.78, 5) is 28.8. The third kappa shape index (κ3) is 4.66. The van der Waals surface area contributed by atoms with E-state index in [1.54, 1.807) is 60.8 Å². The van der Waals surface area contributed by atoms with E-state index >= 15 is 0 Å². The second-order valence-corrected chi connectivity index (χ2v) is 6.94. The molecular formula is C23H19FN2O3. The van der Waals surface area contributed by atoms with Crippen LogP contribution in [0.25, 0.3) is 0 Å². The number of amides is 1. The van der Waals surface area contributed by atoms with E-state index in [9.17, 15) is 14.0 Å². The number of hydrogen-bond donors (Lipinski definition) is 1.